The van der Waals surface area contributed by atoms with Gasteiger partial charge < -0.3 is 15.1 Å². The van der Waals surface area contributed by atoms with Gasteiger partial charge in [-0.15, -0.1) is 0 Å². The summed E-state index contributed by atoms with van der Waals surface area (Å²) in [6.45, 7) is 4.48. The second-order valence-corrected chi connectivity index (χ2v) is 4.62. The maximum absolute atomic E-state index is 12.9. The van der Waals surface area contributed by atoms with Crippen molar-refractivity contribution in [2.75, 3.05) is 37.6 Å². The van der Waals surface area contributed by atoms with Crippen LogP contribution in [0.5, 0.6) is 0 Å². The highest BCUT2D eigenvalue weighted by Gasteiger charge is 2.25. The molecule has 2 amide bonds. The summed E-state index contributed by atoms with van der Waals surface area (Å²) in [6, 6.07) is 6.27. The number of halogens is 1. The maximum atomic E-state index is 12.9. The third-order valence-electron chi connectivity index (χ3n) is 3.29. The molecule has 0 saturated carbocycles. The zero-order valence-electron chi connectivity index (χ0n) is 11.4. The second-order valence-electron chi connectivity index (χ2n) is 4.62. The van der Waals surface area contributed by atoms with Crippen molar-refractivity contribution in [1.29, 1.82) is 0 Å². The van der Waals surface area contributed by atoms with Gasteiger partial charge in [-0.05, 0) is 31.2 Å². The fourth-order valence-corrected chi connectivity index (χ4v) is 2.20. The van der Waals surface area contributed by atoms with Crippen molar-refractivity contribution >= 4 is 17.5 Å². The molecule has 0 spiro atoms. The number of carbonyl (C=O) groups excluding carboxylic acids is 2. The van der Waals surface area contributed by atoms with E-state index in [1.54, 1.807) is 24.0 Å². The number of nitrogens with one attached hydrogen (secondary N) is 1. The molecule has 1 fully saturated rings. The van der Waals surface area contributed by atoms with Crippen LogP contribution in [0.4, 0.5) is 10.1 Å². The predicted octanol–water partition coefficient (Wildman–Crippen LogP) is 0.610. The van der Waals surface area contributed by atoms with Crippen LogP contribution in [0.3, 0.4) is 0 Å². The van der Waals surface area contributed by atoms with Gasteiger partial charge in [-0.3, -0.25) is 9.59 Å². The van der Waals surface area contributed by atoms with Crippen LogP contribution in [-0.2, 0) is 9.59 Å². The number of hydrogen-bond acceptors (Lipinski definition) is 3. The molecule has 1 aliphatic heterocycles. The Labute approximate surface area is 117 Å². The van der Waals surface area contributed by atoms with Gasteiger partial charge in [-0.1, -0.05) is 0 Å². The summed E-state index contributed by atoms with van der Waals surface area (Å²) in [7, 11) is 0. The van der Waals surface area contributed by atoms with E-state index in [1.807, 2.05) is 0 Å². The second kappa shape index (κ2) is 6.36. The summed E-state index contributed by atoms with van der Waals surface area (Å²) in [5, 5.41) is 2.51. The minimum Gasteiger partial charge on any atom is -0.368 e. The number of hydrogen-bond donors (Lipinski definition) is 1. The van der Waals surface area contributed by atoms with Gasteiger partial charge in [0.05, 0.1) is 0 Å². The fraction of sp³-hybridized carbons (Fsp3) is 0.429. The molecule has 0 aromatic heterocycles. The third-order valence-corrected chi connectivity index (χ3v) is 3.29. The highest BCUT2D eigenvalue weighted by molar-refractivity contribution is 6.35. The van der Waals surface area contributed by atoms with Crippen molar-refractivity contribution in [2.45, 2.75) is 6.92 Å². The molecule has 0 atom stereocenters. The van der Waals surface area contributed by atoms with Crippen molar-refractivity contribution in [3.63, 3.8) is 0 Å². The Morgan fingerprint density at radius 3 is 2.30 bits per heavy atom. The molecule has 108 valence electrons. The summed E-state index contributed by atoms with van der Waals surface area (Å²) < 4.78 is 12.9. The lowest BCUT2D eigenvalue weighted by Crippen LogP contribution is -2.52. The van der Waals surface area contributed by atoms with Crippen LogP contribution in [-0.4, -0.2) is 49.4 Å². The van der Waals surface area contributed by atoms with Crippen LogP contribution in [0.15, 0.2) is 24.3 Å². The van der Waals surface area contributed by atoms with Gasteiger partial charge >= 0.3 is 11.8 Å². The first-order chi connectivity index (χ1) is 9.61. The molecule has 1 aliphatic rings. The molecule has 2 rings (SSSR count). The minimum absolute atomic E-state index is 0.265. The maximum Gasteiger partial charge on any atom is 0.312 e. The Balaban J connectivity index is 1.90. The minimum atomic E-state index is -0.553. The summed E-state index contributed by atoms with van der Waals surface area (Å²) in [4.78, 5) is 26.9. The van der Waals surface area contributed by atoms with Crippen LogP contribution in [0.1, 0.15) is 6.92 Å². The van der Waals surface area contributed by atoms with Crippen molar-refractivity contribution in [3.05, 3.63) is 30.1 Å². The molecular weight excluding hydrogens is 261 g/mol. The van der Waals surface area contributed by atoms with E-state index < -0.39 is 11.8 Å². The number of piperazine rings is 1. The smallest absolute Gasteiger partial charge is 0.312 e. The Bertz CT molecular complexity index is 482. The van der Waals surface area contributed by atoms with E-state index in [1.165, 1.54) is 12.1 Å². The highest BCUT2D eigenvalue weighted by Crippen LogP contribution is 2.16. The van der Waals surface area contributed by atoms with E-state index in [9.17, 15) is 14.0 Å². The van der Waals surface area contributed by atoms with E-state index in [-0.39, 0.29) is 5.82 Å². The predicted molar refractivity (Wildman–Crippen MR) is 73.9 cm³/mol. The molecule has 1 aromatic carbocycles. The van der Waals surface area contributed by atoms with Gasteiger partial charge in [0.15, 0.2) is 0 Å². The van der Waals surface area contributed by atoms with Gasteiger partial charge in [0.1, 0.15) is 5.82 Å². The standard InChI is InChI=1S/C14H18FN3O2/c1-2-16-13(19)14(20)18-9-7-17(8-10-18)12-5-3-11(15)4-6-12/h3-6H,2,7-10H2,1H3,(H,16,19). The molecular formula is C14H18FN3O2. The molecule has 1 heterocycles. The molecule has 20 heavy (non-hydrogen) atoms. The van der Waals surface area contributed by atoms with Crippen LogP contribution in [0.25, 0.3) is 0 Å². The molecule has 1 saturated heterocycles. The van der Waals surface area contributed by atoms with Crippen molar-refractivity contribution in [3.8, 4) is 0 Å². The van der Waals surface area contributed by atoms with Crippen LogP contribution in [0, 0.1) is 5.82 Å². The zero-order valence-corrected chi connectivity index (χ0v) is 11.4. The molecule has 0 unspecified atom stereocenters. The number of benzene rings is 1. The highest BCUT2D eigenvalue weighted by atomic mass is 19.1. The third kappa shape index (κ3) is 3.26. The lowest BCUT2D eigenvalue weighted by atomic mass is 10.2. The summed E-state index contributed by atoms with van der Waals surface area (Å²) >= 11 is 0. The zero-order chi connectivity index (χ0) is 14.5. The normalized spacial score (nSPS) is 15.1. The first kappa shape index (κ1) is 14.3. The van der Waals surface area contributed by atoms with Gasteiger partial charge in [-0.2, -0.15) is 0 Å². The molecule has 5 nitrogen and oxygen atoms in total. The van der Waals surface area contributed by atoms with Gasteiger partial charge in [0.25, 0.3) is 0 Å². The van der Waals surface area contributed by atoms with E-state index in [0.29, 0.717) is 32.7 Å². The van der Waals surface area contributed by atoms with Crippen molar-refractivity contribution in [2.24, 2.45) is 0 Å². The van der Waals surface area contributed by atoms with Crippen LogP contribution in [0.2, 0.25) is 0 Å². The van der Waals surface area contributed by atoms with E-state index in [4.69, 9.17) is 0 Å². The fourth-order valence-electron chi connectivity index (χ4n) is 2.20. The number of carbonyl (C=O) groups is 2. The lowest BCUT2D eigenvalue weighted by Gasteiger charge is -2.35. The molecule has 0 aliphatic carbocycles. The van der Waals surface area contributed by atoms with Gasteiger partial charge in [-0.25, -0.2) is 4.39 Å². The first-order valence-corrected chi connectivity index (χ1v) is 6.69. The monoisotopic (exact) mass is 279 g/mol. The average Bonchev–Trinajstić information content (AvgIpc) is 2.48. The summed E-state index contributed by atoms with van der Waals surface area (Å²) in [5.41, 5.74) is 0.927. The Morgan fingerprint density at radius 2 is 1.75 bits per heavy atom. The van der Waals surface area contributed by atoms with E-state index in [2.05, 4.69) is 10.2 Å². The van der Waals surface area contributed by atoms with E-state index in [0.717, 1.165) is 5.69 Å². The van der Waals surface area contributed by atoms with Gasteiger partial charge in [0, 0.05) is 38.4 Å². The number of anilines is 1. The summed E-state index contributed by atoms with van der Waals surface area (Å²) in [6.07, 6.45) is 0. The number of amides is 2. The average molecular weight is 279 g/mol. The Kier molecular flexibility index (Phi) is 4.55. The topological polar surface area (TPSA) is 52.7 Å². The quantitative estimate of drug-likeness (QED) is 0.807. The summed E-state index contributed by atoms with van der Waals surface area (Å²) in [5.74, 6) is -1.30. The lowest BCUT2D eigenvalue weighted by molar-refractivity contribution is -0.146. The number of nitrogens with zero attached hydrogens (tertiary/aromatic N) is 2. The molecule has 1 N–H and O–H groups in total. The number of rotatable bonds is 2. The SMILES string of the molecule is CCNC(=O)C(=O)N1CCN(c2ccc(F)cc2)CC1. The first-order valence-electron chi connectivity index (χ1n) is 6.69. The molecule has 1 aromatic rings. The molecule has 0 radical (unpaired) electrons. The van der Waals surface area contributed by atoms with Crippen molar-refractivity contribution in [1.82, 2.24) is 10.2 Å². The Morgan fingerprint density at radius 1 is 1.15 bits per heavy atom. The van der Waals surface area contributed by atoms with Crippen LogP contribution >= 0.6 is 0 Å². The molecule has 0 bridgehead atoms. The molecule has 6 heteroatoms. The van der Waals surface area contributed by atoms with E-state index >= 15 is 0 Å². The van der Waals surface area contributed by atoms with Crippen molar-refractivity contribution < 1.29 is 14.0 Å². The van der Waals surface area contributed by atoms with Crippen LogP contribution < -0.4 is 10.2 Å². The largest absolute Gasteiger partial charge is 0.368 e. The number of likely N-dealkylation sites (N-methyl/N-ethyl adjacent to an activating group) is 1. The van der Waals surface area contributed by atoms with Gasteiger partial charge in [0.2, 0.25) is 0 Å². The Hall–Kier alpha value is -2.11.